The topological polar surface area (TPSA) is 101 Å². The lowest BCUT2D eigenvalue weighted by Crippen LogP contribution is -2.41. The number of nitriles is 1. The molecule has 0 fully saturated rings. The van der Waals surface area contributed by atoms with Crippen molar-refractivity contribution in [3.05, 3.63) is 53.1 Å². The van der Waals surface area contributed by atoms with Crippen molar-refractivity contribution in [2.45, 2.75) is 18.9 Å². The van der Waals surface area contributed by atoms with Crippen LogP contribution in [0.4, 0.5) is 5.69 Å². The van der Waals surface area contributed by atoms with E-state index in [1.165, 1.54) is 7.11 Å². The third-order valence-electron chi connectivity index (χ3n) is 5.32. The summed E-state index contributed by atoms with van der Waals surface area (Å²) in [5.74, 6) is 0.603. The molecular weight excluding hydrogens is 398 g/mol. The minimum Gasteiger partial charge on any atom is -0.493 e. The van der Waals surface area contributed by atoms with Crippen LogP contribution in [0.5, 0.6) is 11.5 Å². The molecule has 8 nitrogen and oxygen atoms in total. The lowest BCUT2D eigenvalue weighted by molar-refractivity contribution is -0.142. The normalized spacial score (nSPS) is 15.4. The van der Waals surface area contributed by atoms with Crippen molar-refractivity contribution in [1.29, 1.82) is 5.26 Å². The minimum atomic E-state index is -0.361. The highest BCUT2D eigenvalue weighted by atomic mass is 16.5. The second-order valence-electron chi connectivity index (χ2n) is 7.16. The van der Waals surface area contributed by atoms with Gasteiger partial charge in [-0.2, -0.15) is 5.26 Å². The van der Waals surface area contributed by atoms with Gasteiger partial charge in [0.05, 0.1) is 45.9 Å². The summed E-state index contributed by atoms with van der Waals surface area (Å²) < 4.78 is 15.7. The number of anilines is 1. The summed E-state index contributed by atoms with van der Waals surface area (Å²) >= 11 is 0. The first-order valence-electron chi connectivity index (χ1n) is 9.84. The van der Waals surface area contributed by atoms with Gasteiger partial charge in [0.15, 0.2) is 11.5 Å². The summed E-state index contributed by atoms with van der Waals surface area (Å²) in [6.07, 6.45) is 0.806. The Morgan fingerprint density at radius 1 is 1.16 bits per heavy atom. The molecule has 0 aromatic heterocycles. The first-order valence-corrected chi connectivity index (χ1v) is 9.84. The number of carbonyl (C=O) groups excluding carboxylic acids is 2. The average molecular weight is 423 g/mol. The number of hydrogen-bond acceptors (Lipinski definition) is 7. The Bertz CT molecular complexity index is 1010. The zero-order valence-corrected chi connectivity index (χ0v) is 17.8. The number of amides is 1. The van der Waals surface area contributed by atoms with Gasteiger partial charge >= 0.3 is 5.97 Å². The van der Waals surface area contributed by atoms with Crippen LogP contribution >= 0.6 is 0 Å². The molecule has 0 spiro atoms. The second-order valence-corrected chi connectivity index (χ2v) is 7.16. The molecule has 162 valence electrons. The highest BCUT2D eigenvalue weighted by Gasteiger charge is 2.32. The summed E-state index contributed by atoms with van der Waals surface area (Å²) in [5.41, 5.74) is 2.98. The Balaban J connectivity index is 1.84. The number of hydrogen-bond donors (Lipinski definition) is 1. The van der Waals surface area contributed by atoms with E-state index in [1.54, 1.807) is 38.5 Å². The van der Waals surface area contributed by atoms with E-state index in [1.807, 2.05) is 17.0 Å². The van der Waals surface area contributed by atoms with Crippen molar-refractivity contribution in [3.8, 4) is 17.6 Å². The smallest absolute Gasteiger partial charge is 0.307 e. The van der Waals surface area contributed by atoms with Crippen LogP contribution < -0.4 is 14.8 Å². The molecule has 8 heteroatoms. The maximum absolute atomic E-state index is 12.7. The predicted octanol–water partition coefficient (Wildman–Crippen LogP) is 2.68. The molecule has 3 rings (SSSR count). The molecule has 1 heterocycles. The van der Waals surface area contributed by atoms with Crippen molar-refractivity contribution in [3.63, 3.8) is 0 Å². The molecular formula is C23H25N3O5. The first kappa shape index (κ1) is 22.1. The Hall–Kier alpha value is -3.57. The standard InChI is InChI=1S/C23H25N3O5/c1-29-20-10-16-7-8-26(14-22(27)25-17-6-4-5-15(9-17)13-24)19(12-23(28)31-3)18(16)11-21(20)30-2/h4-6,9-11,19H,7-8,12,14H2,1-3H3,(H,25,27)/t19-/m0/s1. The molecule has 0 bridgehead atoms. The van der Waals surface area contributed by atoms with Gasteiger partial charge in [-0.05, 0) is 47.9 Å². The molecule has 1 aliphatic rings. The number of rotatable bonds is 7. The van der Waals surface area contributed by atoms with E-state index in [0.717, 1.165) is 11.1 Å². The monoisotopic (exact) mass is 423 g/mol. The number of nitrogens with one attached hydrogen (secondary N) is 1. The van der Waals surface area contributed by atoms with Gasteiger partial charge < -0.3 is 19.5 Å². The maximum atomic E-state index is 12.7. The van der Waals surface area contributed by atoms with E-state index >= 15 is 0 Å². The molecule has 0 aliphatic carbocycles. The molecule has 1 atom stereocenters. The number of benzene rings is 2. The molecule has 1 N–H and O–H groups in total. The van der Waals surface area contributed by atoms with Crippen LogP contribution in [0.3, 0.4) is 0 Å². The zero-order valence-electron chi connectivity index (χ0n) is 17.8. The van der Waals surface area contributed by atoms with Gasteiger partial charge in [0.2, 0.25) is 5.91 Å². The molecule has 31 heavy (non-hydrogen) atoms. The molecule has 0 saturated carbocycles. The van der Waals surface area contributed by atoms with E-state index in [0.29, 0.717) is 35.7 Å². The van der Waals surface area contributed by atoms with E-state index in [4.69, 9.17) is 19.5 Å². The Kier molecular flexibility index (Phi) is 7.11. The fraction of sp³-hybridized carbons (Fsp3) is 0.348. The lowest BCUT2D eigenvalue weighted by Gasteiger charge is -2.36. The quantitative estimate of drug-likeness (QED) is 0.683. The van der Waals surface area contributed by atoms with E-state index in [2.05, 4.69) is 11.4 Å². The third-order valence-corrected chi connectivity index (χ3v) is 5.32. The molecule has 1 aliphatic heterocycles. The number of carbonyl (C=O) groups is 2. The number of esters is 1. The predicted molar refractivity (Wildman–Crippen MR) is 114 cm³/mol. The molecule has 0 saturated heterocycles. The summed E-state index contributed by atoms with van der Waals surface area (Å²) in [5, 5.41) is 11.9. The fourth-order valence-electron chi connectivity index (χ4n) is 3.80. The van der Waals surface area contributed by atoms with Crippen molar-refractivity contribution in [2.75, 3.05) is 39.7 Å². The summed E-state index contributed by atoms with van der Waals surface area (Å²) in [7, 11) is 4.49. The highest BCUT2D eigenvalue weighted by molar-refractivity contribution is 5.92. The maximum Gasteiger partial charge on any atom is 0.307 e. The highest BCUT2D eigenvalue weighted by Crippen LogP contribution is 2.39. The van der Waals surface area contributed by atoms with Crippen LogP contribution in [0.25, 0.3) is 0 Å². The molecule has 1 amide bonds. The van der Waals surface area contributed by atoms with Gasteiger partial charge in [-0.3, -0.25) is 14.5 Å². The molecule has 0 radical (unpaired) electrons. The second kappa shape index (κ2) is 9.96. The number of ether oxygens (including phenoxy) is 3. The van der Waals surface area contributed by atoms with Gasteiger partial charge in [0.1, 0.15) is 0 Å². The molecule has 2 aromatic carbocycles. The number of fused-ring (bicyclic) bond motifs is 1. The SMILES string of the molecule is COC(=O)C[C@H]1c2cc(OC)c(OC)cc2CCN1CC(=O)Nc1cccc(C#N)c1. The van der Waals surface area contributed by atoms with E-state index in [9.17, 15) is 9.59 Å². The molecule has 0 unspecified atom stereocenters. The summed E-state index contributed by atoms with van der Waals surface area (Å²) in [6, 6.07) is 12.2. The Morgan fingerprint density at radius 2 is 1.90 bits per heavy atom. The molecule has 2 aromatic rings. The zero-order chi connectivity index (χ0) is 22.4. The third kappa shape index (κ3) is 5.13. The van der Waals surface area contributed by atoms with Crippen molar-refractivity contribution in [1.82, 2.24) is 4.90 Å². The van der Waals surface area contributed by atoms with Crippen molar-refractivity contribution >= 4 is 17.6 Å². The van der Waals surface area contributed by atoms with Gasteiger partial charge in [-0.1, -0.05) is 6.07 Å². The Labute approximate surface area is 181 Å². The van der Waals surface area contributed by atoms with Crippen LogP contribution in [0.2, 0.25) is 0 Å². The number of nitrogens with zero attached hydrogens (tertiary/aromatic N) is 2. The van der Waals surface area contributed by atoms with Gasteiger partial charge in [-0.25, -0.2) is 0 Å². The Morgan fingerprint density at radius 3 is 2.58 bits per heavy atom. The van der Waals surface area contributed by atoms with E-state index < -0.39 is 0 Å². The van der Waals surface area contributed by atoms with E-state index in [-0.39, 0.29) is 30.9 Å². The van der Waals surface area contributed by atoms with Crippen LogP contribution in [0.15, 0.2) is 36.4 Å². The van der Waals surface area contributed by atoms with Crippen LogP contribution in [-0.4, -0.2) is 51.2 Å². The largest absolute Gasteiger partial charge is 0.493 e. The fourth-order valence-corrected chi connectivity index (χ4v) is 3.80. The minimum absolute atomic E-state index is 0.0895. The average Bonchev–Trinajstić information content (AvgIpc) is 2.79. The van der Waals surface area contributed by atoms with Crippen LogP contribution in [0, 0.1) is 11.3 Å². The van der Waals surface area contributed by atoms with Crippen LogP contribution in [-0.2, 0) is 20.7 Å². The van der Waals surface area contributed by atoms with Crippen molar-refractivity contribution < 1.29 is 23.8 Å². The van der Waals surface area contributed by atoms with Gasteiger partial charge in [-0.15, -0.1) is 0 Å². The lowest BCUT2D eigenvalue weighted by atomic mass is 9.90. The first-order chi connectivity index (χ1) is 15.0. The van der Waals surface area contributed by atoms with Crippen LogP contribution in [0.1, 0.15) is 29.2 Å². The summed E-state index contributed by atoms with van der Waals surface area (Å²) in [6.45, 7) is 0.683. The van der Waals surface area contributed by atoms with Gasteiger partial charge in [0.25, 0.3) is 0 Å². The summed E-state index contributed by atoms with van der Waals surface area (Å²) in [4.78, 5) is 26.8. The number of methoxy groups -OCH3 is 3. The van der Waals surface area contributed by atoms with Gasteiger partial charge in [0, 0.05) is 18.3 Å². The van der Waals surface area contributed by atoms with Crippen molar-refractivity contribution in [2.24, 2.45) is 0 Å².